The Labute approximate surface area is 109 Å². The largest absolute Gasteiger partial charge is 0.496 e. The number of rotatable bonds is 5. The first kappa shape index (κ1) is 12.9. The van der Waals surface area contributed by atoms with E-state index in [0.29, 0.717) is 18.5 Å². The monoisotopic (exact) mass is 259 g/mol. The summed E-state index contributed by atoms with van der Waals surface area (Å²) in [7, 11) is 1.62. The maximum atomic E-state index is 11.1. The van der Waals surface area contributed by atoms with Gasteiger partial charge < -0.3 is 4.74 Å². The number of hydrogen-bond acceptors (Lipinski definition) is 5. The third-order valence-electron chi connectivity index (χ3n) is 2.78. The number of methoxy groups -OCH3 is 1. The lowest BCUT2D eigenvalue weighted by Crippen LogP contribution is -2.09. The van der Waals surface area contributed by atoms with Gasteiger partial charge in [-0.3, -0.25) is 4.79 Å². The lowest BCUT2D eigenvalue weighted by atomic mass is 10.1. The highest BCUT2D eigenvalue weighted by atomic mass is 16.5. The van der Waals surface area contributed by atoms with Gasteiger partial charge in [0.1, 0.15) is 5.75 Å². The van der Waals surface area contributed by atoms with E-state index in [1.807, 2.05) is 24.3 Å². The molecule has 0 atom stereocenters. The van der Waals surface area contributed by atoms with Crippen molar-refractivity contribution in [3.8, 4) is 5.75 Å². The summed E-state index contributed by atoms with van der Waals surface area (Å²) in [5, 5.41) is 8.79. The van der Waals surface area contributed by atoms with Crippen LogP contribution in [0, 0.1) is 4.91 Å². The molecule has 1 N–H and O–H groups in total. The van der Waals surface area contributed by atoms with Gasteiger partial charge in [0.05, 0.1) is 12.8 Å². The Balaban J connectivity index is 2.14. The van der Waals surface area contributed by atoms with E-state index >= 15 is 0 Å². The van der Waals surface area contributed by atoms with Crippen molar-refractivity contribution in [3.63, 3.8) is 0 Å². The molecule has 2 rings (SSSR count). The van der Waals surface area contributed by atoms with Crippen LogP contribution < -0.4 is 10.3 Å². The van der Waals surface area contributed by atoms with Crippen LogP contribution in [0.5, 0.6) is 5.75 Å². The predicted octanol–water partition coefficient (Wildman–Crippen LogP) is 1.96. The highest BCUT2D eigenvalue weighted by Gasteiger charge is 2.06. The molecule has 1 heterocycles. The third kappa shape index (κ3) is 3.04. The van der Waals surface area contributed by atoms with E-state index in [9.17, 15) is 9.70 Å². The normalized spacial score (nSPS) is 10.2. The number of para-hydroxylation sites is 1. The van der Waals surface area contributed by atoms with Crippen molar-refractivity contribution in [2.75, 3.05) is 7.11 Å². The maximum Gasteiger partial charge on any atom is 0.293 e. The Hall–Kier alpha value is -2.50. The van der Waals surface area contributed by atoms with Crippen molar-refractivity contribution in [1.29, 1.82) is 0 Å². The molecule has 0 radical (unpaired) electrons. The van der Waals surface area contributed by atoms with E-state index in [0.717, 1.165) is 11.3 Å². The number of H-pyrrole nitrogens is 1. The molecule has 0 aliphatic rings. The van der Waals surface area contributed by atoms with Crippen LogP contribution in [0.15, 0.2) is 40.3 Å². The molecule has 1 aromatic heterocycles. The molecular formula is C13H13N3O3. The average Bonchev–Trinajstić information content (AvgIpc) is 2.46. The van der Waals surface area contributed by atoms with Crippen LogP contribution in [0.2, 0.25) is 0 Å². The van der Waals surface area contributed by atoms with E-state index in [2.05, 4.69) is 15.4 Å². The Morgan fingerprint density at radius 2 is 2.11 bits per heavy atom. The van der Waals surface area contributed by atoms with Crippen molar-refractivity contribution in [2.24, 2.45) is 5.18 Å². The van der Waals surface area contributed by atoms with Crippen LogP contribution in [-0.4, -0.2) is 17.3 Å². The standard InChI is InChI=1S/C13H13N3O3/c1-19-12-5-3-2-4-9(12)6-7-10-8-11(16-18)13(17)15-14-10/h2-5,8H,6-7H2,1H3,(H,15,17). The summed E-state index contributed by atoms with van der Waals surface area (Å²) in [6.45, 7) is 0. The van der Waals surface area contributed by atoms with Gasteiger partial charge in [-0.05, 0) is 35.7 Å². The molecule has 2 aromatic rings. The zero-order chi connectivity index (χ0) is 13.7. The molecule has 0 aliphatic heterocycles. The Morgan fingerprint density at radius 1 is 1.32 bits per heavy atom. The van der Waals surface area contributed by atoms with E-state index in [1.54, 1.807) is 7.11 Å². The van der Waals surface area contributed by atoms with Crippen LogP contribution in [0.25, 0.3) is 0 Å². The Bertz CT molecular complexity index is 637. The van der Waals surface area contributed by atoms with Crippen LogP contribution in [0.3, 0.4) is 0 Å². The fraction of sp³-hybridized carbons (Fsp3) is 0.231. The van der Waals surface area contributed by atoms with E-state index in [-0.39, 0.29) is 5.69 Å². The second-order valence-electron chi connectivity index (χ2n) is 3.98. The fourth-order valence-electron chi connectivity index (χ4n) is 1.80. The maximum absolute atomic E-state index is 11.1. The summed E-state index contributed by atoms with van der Waals surface area (Å²) in [5.41, 5.74) is 0.930. The first-order chi connectivity index (χ1) is 9.24. The zero-order valence-electron chi connectivity index (χ0n) is 10.4. The first-order valence-corrected chi connectivity index (χ1v) is 5.78. The summed E-state index contributed by atoms with van der Waals surface area (Å²) in [5.74, 6) is 0.806. The average molecular weight is 259 g/mol. The van der Waals surface area contributed by atoms with Gasteiger partial charge in [-0.25, -0.2) is 5.10 Å². The predicted molar refractivity (Wildman–Crippen MR) is 70.7 cm³/mol. The van der Waals surface area contributed by atoms with Crippen molar-refractivity contribution in [3.05, 3.63) is 56.9 Å². The lowest BCUT2D eigenvalue weighted by molar-refractivity contribution is 0.409. The molecule has 0 saturated carbocycles. The number of aromatic amines is 1. The molecule has 19 heavy (non-hydrogen) atoms. The number of aromatic nitrogens is 2. The van der Waals surface area contributed by atoms with E-state index < -0.39 is 5.56 Å². The smallest absolute Gasteiger partial charge is 0.293 e. The van der Waals surface area contributed by atoms with Gasteiger partial charge in [-0.2, -0.15) is 5.10 Å². The Kier molecular flexibility index (Phi) is 4.02. The van der Waals surface area contributed by atoms with Crippen molar-refractivity contribution >= 4 is 5.69 Å². The number of ether oxygens (including phenoxy) is 1. The van der Waals surface area contributed by atoms with E-state index in [1.165, 1.54) is 6.07 Å². The van der Waals surface area contributed by atoms with Crippen LogP contribution in [-0.2, 0) is 12.8 Å². The van der Waals surface area contributed by atoms with Gasteiger partial charge in [0, 0.05) is 0 Å². The summed E-state index contributed by atoms with van der Waals surface area (Å²) in [6.07, 6.45) is 1.28. The molecule has 0 unspecified atom stereocenters. The molecule has 6 nitrogen and oxygen atoms in total. The molecule has 1 aromatic carbocycles. The van der Waals surface area contributed by atoms with Gasteiger partial charge in [0.25, 0.3) is 5.56 Å². The molecule has 0 fully saturated rings. The minimum absolute atomic E-state index is 0.148. The topological polar surface area (TPSA) is 84.4 Å². The number of nitrogens with one attached hydrogen (secondary N) is 1. The molecule has 98 valence electrons. The number of benzene rings is 1. The van der Waals surface area contributed by atoms with Crippen LogP contribution in [0.4, 0.5) is 5.69 Å². The summed E-state index contributed by atoms with van der Waals surface area (Å²) >= 11 is 0. The number of nitrogens with zero attached hydrogens (tertiary/aromatic N) is 2. The minimum atomic E-state index is -0.573. The fourth-order valence-corrected chi connectivity index (χ4v) is 1.80. The van der Waals surface area contributed by atoms with Gasteiger partial charge in [0.15, 0.2) is 5.69 Å². The first-order valence-electron chi connectivity index (χ1n) is 5.78. The molecule has 0 spiro atoms. The van der Waals surface area contributed by atoms with Gasteiger partial charge in [-0.1, -0.05) is 18.2 Å². The molecule has 6 heteroatoms. The highest BCUT2D eigenvalue weighted by Crippen LogP contribution is 2.19. The van der Waals surface area contributed by atoms with Gasteiger partial charge in [-0.15, -0.1) is 4.91 Å². The van der Waals surface area contributed by atoms with Gasteiger partial charge in [0.2, 0.25) is 0 Å². The second-order valence-corrected chi connectivity index (χ2v) is 3.98. The number of nitroso groups, excluding NO2 is 1. The number of aryl methyl sites for hydroxylation is 2. The van der Waals surface area contributed by atoms with Crippen LogP contribution >= 0.6 is 0 Å². The summed E-state index contributed by atoms with van der Waals surface area (Å²) < 4.78 is 5.25. The minimum Gasteiger partial charge on any atom is -0.496 e. The van der Waals surface area contributed by atoms with Crippen molar-refractivity contribution in [1.82, 2.24) is 10.2 Å². The van der Waals surface area contributed by atoms with Crippen molar-refractivity contribution < 1.29 is 4.74 Å². The van der Waals surface area contributed by atoms with Crippen LogP contribution in [0.1, 0.15) is 11.3 Å². The van der Waals surface area contributed by atoms with Gasteiger partial charge >= 0.3 is 0 Å². The highest BCUT2D eigenvalue weighted by molar-refractivity contribution is 5.36. The lowest BCUT2D eigenvalue weighted by Gasteiger charge is -2.07. The molecule has 0 amide bonds. The molecule has 0 aliphatic carbocycles. The summed E-state index contributed by atoms with van der Waals surface area (Å²) in [4.78, 5) is 21.6. The molecule has 0 saturated heterocycles. The second kappa shape index (κ2) is 5.90. The SMILES string of the molecule is COc1ccccc1CCc1cc(N=O)c(=O)[nH]n1. The summed E-state index contributed by atoms with van der Waals surface area (Å²) in [6, 6.07) is 9.07. The quantitative estimate of drug-likeness (QED) is 0.832. The van der Waals surface area contributed by atoms with E-state index in [4.69, 9.17) is 4.74 Å². The van der Waals surface area contributed by atoms with Crippen molar-refractivity contribution in [2.45, 2.75) is 12.8 Å². The molecule has 0 bridgehead atoms. The number of hydrogen-bond donors (Lipinski definition) is 1. The Morgan fingerprint density at radius 3 is 2.84 bits per heavy atom. The molecular weight excluding hydrogens is 246 g/mol. The third-order valence-corrected chi connectivity index (χ3v) is 2.78. The zero-order valence-corrected chi connectivity index (χ0v) is 10.4.